The van der Waals surface area contributed by atoms with Crippen molar-refractivity contribution in [3.05, 3.63) is 0 Å². The minimum Gasteiger partial charge on any atom is -0.326 e. The van der Waals surface area contributed by atoms with Crippen LogP contribution in [0.15, 0.2) is 0 Å². The molecule has 0 spiro atoms. The summed E-state index contributed by atoms with van der Waals surface area (Å²) in [6, 6.07) is 0.413. The summed E-state index contributed by atoms with van der Waals surface area (Å²) in [5.41, 5.74) is 5.89. The van der Waals surface area contributed by atoms with Crippen LogP contribution < -0.4 is 5.73 Å². The lowest BCUT2D eigenvalue weighted by atomic mass is 9.99. The monoisotopic (exact) mass is 145 g/mol. The molecule has 0 amide bonds. The van der Waals surface area contributed by atoms with E-state index >= 15 is 0 Å². The minimum absolute atomic E-state index is 0.332. The van der Waals surface area contributed by atoms with E-state index < -0.39 is 0 Å². The molecule has 54 valence electrons. The zero-order valence-corrected chi connectivity index (χ0v) is 7.00. The average molecular weight is 145 g/mol. The zero-order valence-electron chi connectivity index (χ0n) is 6.18. The van der Waals surface area contributed by atoms with E-state index in [2.05, 4.69) is 13.8 Å². The lowest BCUT2D eigenvalue weighted by Gasteiger charge is -2.35. The van der Waals surface area contributed by atoms with Crippen LogP contribution in [0.3, 0.4) is 0 Å². The third kappa shape index (κ3) is 1.62. The highest BCUT2D eigenvalue weighted by Crippen LogP contribution is 2.34. The molecule has 1 aliphatic rings. The van der Waals surface area contributed by atoms with Crippen molar-refractivity contribution in [2.75, 3.05) is 5.75 Å². The third-order valence-electron chi connectivity index (χ3n) is 2.03. The average Bonchev–Trinajstić information content (AvgIpc) is 1.77. The van der Waals surface area contributed by atoms with Crippen molar-refractivity contribution in [1.29, 1.82) is 0 Å². The minimum atomic E-state index is 0.332. The maximum atomic E-state index is 5.89. The van der Waals surface area contributed by atoms with Crippen LogP contribution in [0.1, 0.15) is 26.7 Å². The van der Waals surface area contributed by atoms with E-state index in [1.165, 1.54) is 18.6 Å². The van der Waals surface area contributed by atoms with Gasteiger partial charge in [-0.15, -0.1) is 0 Å². The molecule has 0 radical (unpaired) electrons. The van der Waals surface area contributed by atoms with Crippen molar-refractivity contribution >= 4 is 11.8 Å². The van der Waals surface area contributed by atoms with Crippen LogP contribution in [-0.2, 0) is 0 Å². The van der Waals surface area contributed by atoms with Crippen LogP contribution in [0.4, 0.5) is 0 Å². The Morgan fingerprint density at radius 2 is 2.22 bits per heavy atom. The zero-order chi connectivity index (χ0) is 6.91. The maximum absolute atomic E-state index is 5.89. The summed E-state index contributed by atoms with van der Waals surface area (Å²) in [6.07, 6.45) is 2.51. The fourth-order valence-corrected chi connectivity index (χ4v) is 2.26. The lowest BCUT2D eigenvalue weighted by molar-refractivity contribution is 0.483. The molecule has 1 aliphatic heterocycles. The Hall–Kier alpha value is 0.310. The Balaban J connectivity index is 2.49. The maximum Gasteiger partial charge on any atom is 0.0254 e. The van der Waals surface area contributed by atoms with Gasteiger partial charge in [-0.3, -0.25) is 0 Å². The molecule has 9 heavy (non-hydrogen) atoms. The predicted octanol–water partition coefficient (Wildman–Crippen LogP) is 1.62. The van der Waals surface area contributed by atoms with E-state index in [0.29, 0.717) is 10.8 Å². The first-order chi connectivity index (χ1) is 4.13. The molecule has 0 aromatic carbocycles. The second kappa shape index (κ2) is 2.51. The summed E-state index contributed by atoms with van der Waals surface area (Å²) >= 11 is 2.00. The van der Waals surface area contributed by atoms with Gasteiger partial charge < -0.3 is 5.73 Å². The van der Waals surface area contributed by atoms with Gasteiger partial charge in [-0.05, 0) is 32.4 Å². The molecule has 1 heterocycles. The second-order valence-electron chi connectivity index (χ2n) is 3.20. The molecule has 1 atom stereocenters. The summed E-state index contributed by atoms with van der Waals surface area (Å²) in [7, 11) is 0. The Labute approximate surface area is 61.4 Å². The molecule has 0 aliphatic carbocycles. The normalized spacial score (nSPS) is 34.3. The van der Waals surface area contributed by atoms with Gasteiger partial charge in [-0.25, -0.2) is 0 Å². The molecular weight excluding hydrogens is 130 g/mol. The molecule has 2 heteroatoms. The highest BCUT2D eigenvalue weighted by atomic mass is 32.2. The van der Waals surface area contributed by atoms with Gasteiger partial charge in [0.2, 0.25) is 0 Å². The SMILES string of the molecule is CC1(C)SCCCC1N. The van der Waals surface area contributed by atoms with Crippen molar-refractivity contribution in [1.82, 2.24) is 0 Å². The standard InChI is InChI=1S/C7H15NS/c1-7(2)6(8)4-3-5-9-7/h6H,3-5,8H2,1-2H3. The first kappa shape index (κ1) is 7.42. The van der Waals surface area contributed by atoms with Gasteiger partial charge in [-0.1, -0.05) is 0 Å². The quantitative estimate of drug-likeness (QED) is 0.560. The highest BCUT2D eigenvalue weighted by molar-refractivity contribution is 8.00. The molecule has 1 nitrogen and oxygen atoms in total. The van der Waals surface area contributed by atoms with E-state index in [1.807, 2.05) is 11.8 Å². The van der Waals surface area contributed by atoms with E-state index in [0.717, 1.165) is 0 Å². The van der Waals surface area contributed by atoms with Crippen molar-refractivity contribution in [2.24, 2.45) is 5.73 Å². The summed E-state index contributed by atoms with van der Waals surface area (Å²) < 4.78 is 0.332. The van der Waals surface area contributed by atoms with Crippen LogP contribution in [0.5, 0.6) is 0 Å². The lowest BCUT2D eigenvalue weighted by Crippen LogP contribution is -2.43. The van der Waals surface area contributed by atoms with Crippen LogP contribution in [0.25, 0.3) is 0 Å². The largest absolute Gasteiger partial charge is 0.326 e. The summed E-state index contributed by atoms with van der Waals surface area (Å²) in [5.74, 6) is 1.29. The van der Waals surface area contributed by atoms with Crippen LogP contribution in [0, 0.1) is 0 Å². The van der Waals surface area contributed by atoms with Gasteiger partial charge in [0, 0.05) is 10.8 Å². The van der Waals surface area contributed by atoms with Gasteiger partial charge in [0.05, 0.1) is 0 Å². The van der Waals surface area contributed by atoms with Gasteiger partial charge in [0.25, 0.3) is 0 Å². The Bertz CT molecular complexity index is 101. The number of hydrogen-bond donors (Lipinski definition) is 1. The second-order valence-corrected chi connectivity index (χ2v) is 4.95. The molecule has 0 aromatic heterocycles. The molecular formula is C7H15NS. The third-order valence-corrected chi connectivity index (χ3v) is 3.57. The van der Waals surface area contributed by atoms with Crippen LogP contribution in [-0.4, -0.2) is 16.5 Å². The van der Waals surface area contributed by atoms with E-state index in [-0.39, 0.29) is 0 Å². The Kier molecular flexibility index (Phi) is 2.07. The molecule has 0 aromatic rings. The molecule has 1 saturated heterocycles. The van der Waals surface area contributed by atoms with Gasteiger partial charge >= 0.3 is 0 Å². The Morgan fingerprint density at radius 3 is 2.56 bits per heavy atom. The smallest absolute Gasteiger partial charge is 0.0254 e. The summed E-state index contributed by atoms with van der Waals surface area (Å²) in [5, 5.41) is 0. The van der Waals surface area contributed by atoms with Crippen molar-refractivity contribution in [2.45, 2.75) is 37.5 Å². The van der Waals surface area contributed by atoms with Crippen molar-refractivity contribution in [3.8, 4) is 0 Å². The van der Waals surface area contributed by atoms with E-state index in [4.69, 9.17) is 5.73 Å². The molecule has 1 fully saturated rings. The van der Waals surface area contributed by atoms with Crippen LogP contribution in [0.2, 0.25) is 0 Å². The fraction of sp³-hybridized carbons (Fsp3) is 1.00. The summed E-state index contributed by atoms with van der Waals surface area (Å²) in [4.78, 5) is 0. The molecule has 1 unspecified atom stereocenters. The fourth-order valence-electron chi connectivity index (χ4n) is 1.09. The molecule has 1 rings (SSSR count). The molecule has 2 N–H and O–H groups in total. The number of thioether (sulfide) groups is 1. The highest BCUT2D eigenvalue weighted by Gasteiger charge is 2.29. The van der Waals surface area contributed by atoms with E-state index in [1.54, 1.807) is 0 Å². The van der Waals surface area contributed by atoms with Gasteiger partial charge in [0.15, 0.2) is 0 Å². The number of hydrogen-bond acceptors (Lipinski definition) is 2. The molecule has 0 saturated carbocycles. The van der Waals surface area contributed by atoms with Gasteiger partial charge in [0.1, 0.15) is 0 Å². The van der Waals surface area contributed by atoms with Crippen molar-refractivity contribution < 1.29 is 0 Å². The van der Waals surface area contributed by atoms with E-state index in [9.17, 15) is 0 Å². The number of rotatable bonds is 0. The van der Waals surface area contributed by atoms with Crippen LogP contribution >= 0.6 is 11.8 Å². The molecule has 0 bridgehead atoms. The van der Waals surface area contributed by atoms with Crippen molar-refractivity contribution in [3.63, 3.8) is 0 Å². The first-order valence-corrected chi connectivity index (χ1v) is 4.51. The van der Waals surface area contributed by atoms with Gasteiger partial charge in [-0.2, -0.15) is 11.8 Å². The predicted molar refractivity (Wildman–Crippen MR) is 43.7 cm³/mol. The first-order valence-electron chi connectivity index (χ1n) is 3.52. The number of nitrogens with two attached hydrogens (primary N) is 1. The summed E-state index contributed by atoms with van der Waals surface area (Å²) in [6.45, 7) is 4.48. The Morgan fingerprint density at radius 1 is 1.56 bits per heavy atom. The topological polar surface area (TPSA) is 26.0 Å².